The molecule has 0 aliphatic heterocycles. The normalized spacial score (nSPS) is 11.5. The van der Waals surface area contributed by atoms with Crippen LogP contribution in [0.4, 0.5) is 5.69 Å². The minimum absolute atomic E-state index is 0.0319. The van der Waals surface area contributed by atoms with Gasteiger partial charge in [-0.15, -0.1) is 0 Å². The largest absolute Gasteiger partial charge is 0.491 e. The average molecular weight is 601 g/mol. The highest BCUT2D eigenvalue weighted by molar-refractivity contribution is 6.05. The highest BCUT2D eigenvalue weighted by Crippen LogP contribution is 2.33. The molecule has 1 amide bonds. The molecule has 0 atom stereocenters. The van der Waals surface area contributed by atoms with Gasteiger partial charge in [-0.2, -0.15) is 0 Å². The molecule has 5 aromatic rings. The van der Waals surface area contributed by atoms with E-state index in [1.54, 1.807) is 25.1 Å². The Hall–Kier alpha value is -5.10. The number of nitrogens with one attached hydrogen (secondary N) is 1. The molecule has 0 saturated carbocycles. The van der Waals surface area contributed by atoms with E-state index in [1.165, 1.54) is 22.3 Å². The van der Waals surface area contributed by atoms with E-state index in [0.29, 0.717) is 31.1 Å². The van der Waals surface area contributed by atoms with Crippen LogP contribution in [0.3, 0.4) is 0 Å². The average Bonchev–Trinajstić information content (AvgIpc) is 3.45. The van der Waals surface area contributed by atoms with E-state index < -0.39 is 0 Å². The van der Waals surface area contributed by atoms with Crippen LogP contribution in [0.15, 0.2) is 109 Å². The summed E-state index contributed by atoms with van der Waals surface area (Å²) in [5, 5.41) is 4.05. The number of carbonyl (C=O) groups excluding carboxylic acids is 2. The summed E-state index contributed by atoms with van der Waals surface area (Å²) in [7, 11) is 0. The summed E-state index contributed by atoms with van der Waals surface area (Å²) in [5.41, 5.74) is 8.44. The van der Waals surface area contributed by atoms with Gasteiger partial charge in [-0.25, -0.2) is 0 Å². The molecule has 1 N–H and O–H groups in total. The predicted octanol–water partition coefficient (Wildman–Crippen LogP) is 8.66. The number of para-hydroxylation sites is 2. The summed E-state index contributed by atoms with van der Waals surface area (Å²) in [6, 6.07) is 33.3. The zero-order chi connectivity index (χ0) is 31.8. The number of benzene rings is 4. The Morgan fingerprint density at radius 1 is 0.867 bits per heavy atom. The number of fused-ring (bicyclic) bond motifs is 1. The second-order valence-corrected chi connectivity index (χ2v) is 11.3. The first-order valence-corrected chi connectivity index (χ1v) is 15.4. The molecule has 5 rings (SSSR count). The zero-order valence-electron chi connectivity index (χ0n) is 26.4. The number of allylic oxidation sites excluding steroid dienone is 1. The third-order valence-corrected chi connectivity index (χ3v) is 7.82. The first-order chi connectivity index (χ1) is 21.8. The summed E-state index contributed by atoms with van der Waals surface area (Å²) >= 11 is 0. The van der Waals surface area contributed by atoms with Crippen molar-refractivity contribution in [2.24, 2.45) is 0 Å². The lowest BCUT2D eigenvalue weighted by Crippen LogP contribution is -2.11. The number of hydrogen-bond acceptors (Lipinski definition) is 4. The van der Waals surface area contributed by atoms with Crippen molar-refractivity contribution in [2.45, 2.75) is 46.6 Å². The van der Waals surface area contributed by atoms with E-state index in [1.807, 2.05) is 19.1 Å². The summed E-state index contributed by atoms with van der Waals surface area (Å²) in [6.07, 6.45) is 4.57. The molecule has 0 bridgehead atoms. The minimum atomic E-state index is -0.244. The number of aromatic nitrogens is 1. The molecule has 0 radical (unpaired) electrons. The van der Waals surface area contributed by atoms with Crippen molar-refractivity contribution in [1.29, 1.82) is 0 Å². The van der Waals surface area contributed by atoms with E-state index >= 15 is 0 Å². The maximum Gasteiger partial charge on any atom is 0.305 e. The summed E-state index contributed by atoms with van der Waals surface area (Å²) in [5.74, 6) is 0.0715. The lowest BCUT2D eigenvalue weighted by molar-refractivity contribution is -0.143. The standard InChI is InChI=1S/C39H40N2O4/c1-5-44-38(43)11-8-24-45-36-10-7-6-9-34(36)40-37(42)25-29(4)32-20-21-35-33(26-32)22-23-41(35)39(30-16-12-27(2)13-17-30)31-18-14-28(3)15-19-31/h6-7,9-10,12-23,25-26,39H,5,8,11,24H2,1-4H3,(H,40,42)/b29-25+. The third kappa shape index (κ3) is 7.90. The van der Waals surface area contributed by atoms with E-state index in [2.05, 4.69) is 103 Å². The van der Waals surface area contributed by atoms with Gasteiger partial charge in [0.05, 0.1) is 24.9 Å². The van der Waals surface area contributed by atoms with Gasteiger partial charge in [0.25, 0.3) is 0 Å². The number of nitrogens with zero attached hydrogens (tertiary/aromatic N) is 1. The van der Waals surface area contributed by atoms with Crippen LogP contribution in [0.2, 0.25) is 0 Å². The molecule has 0 spiro atoms. The van der Waals surface area contributed by atoms with Crippen molar-refractivity contribution in [1.82, 2.24) is 4.57 Å². The second-order valence-electron chi connectivity index (χ2n) is 11.3. The minimum Gasteiger partial charge on any atom is -0.491 e. The molecule has 0 aliphatic rings. The number of aryl methyl sites for hydroxylation is 2. The van der Waals surface area contributed by atoms with Crippen molar-refractivity contribution in [2.75, 3.05) is 18.5 Å². The van der Waals surface area contributed by atoms with Crippen molar-refractivity contribution in [3.05, 3.63) is 137 Å². The second kappa shape index (κ2) is 14.6. The number of esters is 1. The van der Waals surface area contributed by atoms with Gasteiger partial charge in [0, 0.05) is 29.6 Å². The van der Waals surface area contributed by atoms with Crippen molar-refractivity contribution >= 4 is 34.0 Å². The van der Waals surface area contributed by atoms with Gasteiger partial charge in [0.2, 0.25) is 5.91 Å². The number of rotatable bonds is 12. The fourth-order valence-electron chi connectivity index (χ4n) is 5.42. The summed E-state index contributed by atoms with van der Waals surface area (Å²) in [6.45, 7) is 8.65. The Labute approximate surface area is 265 Å². The van der Waals surface area contributed by atoms with E-state index in [0.717, 1.165) is 22.0 Å². The van der Waals surface area contributed by atoms with Gasteiger partial charge in [0.15, 0.2) is 0 Å². The molecule has 45 heavy (non-hydrogen) atoms. The number of hydrogen-bond donors (Lipinski definition) is 1. The Bertz CT molecular complexity index is 1750. The Balaban J connectivity index is 1.33. The number of ether oxygens (including phenoxy) is 2. The van der Waals surface area contributed by atoms with Crippen LogP contribution in [-0.4, -0.2) is 29.7 Å². The van der Waals surface area contributed by atoms with Crippen LogP contribution in [0.25, 0.3) is 16.5 Å². The molecular formula is C39H40N2O4. The zero-order valence-corrected chi connectivity index (χ0v) is 26.4. The number of anilines is 1. The summed E-state index contributed by atoms with van der Waals surface area (Å²) in [4.78, 5) is 24.6. The van der Waals surface area contributed by atoms with Crippen molar-refractivity contribution in [3.63, 3.8) is 0 Å². The lowest BCUT2D eigenvalue weighted by Gasteiger charge is -2.22. The van der Waals surface area contributed by atoms with E-state index in [4.69, 9.17) is 9.47 Å². The lowest BCUT2D eigenvalue weighted by atomic mass is 9.96. The number of amides is 1. The quantitative estimate of drug-likeness (QED) is 0.0884. The van der Waals surface area contributed by atoms with Crippen molar-refractivity contribution in [3.8, 4) is 5.75 Å². The molecular weight excluding hydrogens is 560 g/mol. The first-order valence-electron chi connectivity index (χ1n) is 15.4. The molecule has 0 saturated heterocycles. The van der Waals surface area contributed by atoms with Crippen molar-refractivity contribution < 1.29 is 19.1 Å². The molecule has 230 valence electrons. The molecule has 1 heterocycles. The maximum absolute atomic E-state index is 13.0. The molecule has 0 unspecified atom stereocenters. The highest BCUT2D eigenvalue weighted by Gasteiger charge is 2.18. The van der Waals surface area contributed by atoms with Gasteiger partial charge in [-0.05, 0) is 86.7 Å². The van der Waals surface area contributed by atoms with Gasteiger partial charge in [-0.1, -0.05) is 77.9 Å². The smallest absolute Gasteiger partial charge is 0.305 e. The highest BCUT2D eigenvalue weighted by atomic mass is 16.5. The topological polar surface area (TPSA) is 69.6 Å². The Kier molecular flexibility index (Phi) is 10.2. The Morgan fingerprint density at radius 2 is 1.53 bits per heavy atom. The SMILES string of the molecule is CCOC(=O)CCCOc1ccccc1NC(=O)/C=C(\C)c1ccc2c(ccn2C(c2ccc(C)cc2)c2ccc(C)cc2)c1. The van der Waals surface area contributed by atoms with Crippen LogP contribution in [0, 0.1) is 13.8 Å². The van der Waals surface area contributed by atoms with E-state index in [9.17, 15) is 9.59 Å². The molecule has 0 aliphatic carbocycles. The molecule has 4 aromatic carbocycles. The van der Waals surface area contributed by atoms with Gasteiger partial charge in [0.1, 0.15) is 5.75 Å². The summed E-state index contributed by atoms with van der Waals surface area (Å²) < 4.78 is 13.1. The van der Waals surface area contributed by atoms with Gasteiger partial charge < -0.3 is 19.4 Å². The fraction of sp³-hybridized carbons (Fsp3) is 0.231. The fourth-order valence-corrected chi connectivity index (χ4v) is 5.42. The molecule has 1 aromatic heterocycles. The van der Waals surface area contributed by atoms with Crippen LogP contribution in [0.5, 0.6) is 5.75 Å². The molecule has 6 heteroatoms. The first kappa shape index (κ1) is 31.3. The van der Waals surface area contributed by atoms with Crippen LogP contribution in [-0.2, 0) is 14.3 Å². The third-order valence-electron chi connectivity index (χ3n) is 7.82. The van der Waals surface area contributed by atoms with Gasteiger partial charge in [-0.3, -0.25) is 9.59 Å². The predicted molar refractivity (Wildman–Crippen MR) is 182 cm³/mol. The van der Waals surface area contributed by atoms with E-state index in [-0.39, 0.29) is 24.3 Å². The Morgan fingerprint density at radius 3 is 2.20 bits per heavy atom. The van der Waals surface area contributed by atoms with Crippen LogP contribution < -0.4 is 10.1 Å². The molecule has 6 nitrogen and oxygen atoms in total. The maximum atomic E-state index is 13.0. The number of carbonyl (C=O) groups is 2. The molecule has 0 fully saturated rings. The van der Waals surface area contributed by atoms with Gasteiger partial charge >= 0.3 is 5.97 Å². The monoisotopic (exact) mass is 600 g/mol. The van der Waals surface area contributed by atoms with Crippen LogP contribution in [0.1, 0.15) is 60.5 Å². The van der Waals surface area contributed by atoms with Crippen LogP contribution >= 0.6 is 0 Å².